The van der Waals surface area contributed by atoms with Gasteiger partial charge in [-0.2, -0.15) is 4.31 Å². The fraction of sp³-hybridized carbons (Fsp3) is 0.636. The minimum absolute atomic E-state index is 0.323. The molecular formula is C11H15BrClNO2S2. The lowest BCUT2D eigenvalue weighted by atomic mass is 9.96. The van der Waals surface area contributed by atoms with Crippen LogP contribution in [0, 0.1) is 11.8 Å². The average Bonchev–Trinajstić information content (AvgIpc) is 2.87. The third-order valence-corrected chi connectivity index (χ3v) is 8.14. The molecule has 1 fully saturated rings. The van der Waals surface area contributed by atoms with Gasteiger partial charge >= 0.3 is 0 Å². The summed E-state index contributed by atoms with van der Waals surface area (Å²) in [5.41, 5.74) is 0. The maximum Gasteiger partial charge on any atom is 0.252 e. The van der Waals surface area contributed by atoms with E-state index in [2.05, 4.69) is 29.8 Å². The number of hydrogen-bond acceptors (Lipinski definition) is 3. The van der Waals surface area contributed by atoms with Crippen molar-refractivity contribution in [2.45, 2.75) is 24.5 Å². The normalized spacial score (nSPS) is 21.9. The van der Waals surface area contributed by atoms with Crippen molar-refractivity contribution >= 4 is 48.9 Å². The molecule has 2 rings (SSSR count). The molecule has 0 amide bonds. The lowest BCUT2D eigenvalue weighted by Crippen LogP contribution is -2.28. The molecule has 0 spiro atoms. The van der Waals surface area contributed by atoms with E-state index < -0.39 is 10.0 Å². The highest BCUT2D eigenvalue weighted by molar-refractivity contribution is 9.11. The molecular weight excluding hydrogens is 358 g/mol. The predicted molar refractivity (Wildman–Crippen MR) is 78.7 cm³/mol. The number of nitrogens with zero attached hydrogens (tertiary/aromatic N) is 1. The van der Waals surface area contributed by atoms with Crippen molar-refractivity contribution in [3.05, 3.63) is 14.9 Å². The standard InChI is InChI=1S/C11H15BrClNO2S2/c1-7(2)8-3-4-14(6-8)18(15,16)10-5-9(13)11(12)17-10/h5,7-8H,3-4,6H2,1-2H3. The molecule has 0 bridgehead atoms. The van der Waals surface area contributed by atoms with Gasteiger partial charge < -0.3 is 0 Å². The van der Waals surface area contributed by atoms with Crippen molar-refractivity contribution in [3.63, 3.8) is 0 Å². The summed E-state index contributed by atoms with van der Waals surface area (Å²) in [6, 6.07) is 1.52. The molecule has 7 heteroatoms. The highest BCUT2D eigenvalue weighted by Gasteiger charge is 2.34. The second kappa shape index (κ2) is 5.40. The molecule has 0 aromatic carbocycles. The van der Waals surface area contributed by atoms with Gasteiger partial charge in [-0.05, 0) is 40.3 Å². The molecule has 1 aromatic rings. The van der Waals surface area contributed by atoms with Crippen molar-refractivity contribution in [2.24, 2.45) is 11.8 Å². The highest BCUT2D eigenvalue weighted by atomic mass is 79.9. The zero-order valence-electron chi connectivity index (χ0n) is 10.2. The van der Waals surface area contributed by atoms with E-state index in [1.807, 2.05) is 0 Å². The van der Waals surface area contributed by atoms with E-state index in [9.17, 15) is 8.42 Å². The molecule has 18 heavy (non-hydrogen) atoms. The molecule has 1 unspecified atom stereocenters. The molecule has 2 heterocycles. The maximum absolute atomic E-state index is 12.4. The Morgan fingerprint density at radius 2 is 2.22 bits per heavy atom. The van der Waals surface area contributed by atoms with Gasteiger partial charge in [0.05, 0.1) is 8.81 Å². The Kier molecular flexibility index (Phi) is 4.44. The Morgan fingerprint density at radius 1 is 1.56 bits per heavy atom. The molecule has 102 valence electrons. The van der Waals surface area contributed by atoms with Crippen LogP contribution in [0.1, 0.15) is 20.3 Å². The van der Waals surface area contributed by atoms with Crippen molar-refractivity contribution < 1.29 is 8.42 Å². The topological polar surface area (TPSA) is 37.4 Å². The first-order valence-electron chi connectivity index (χ1n) is 5.77. The van der Waals surface area contributed by atoms with Gasteiger partial charge in [-0.3, -0.25) is 0 Å². The largest absolute Gasteiger partial charge is 0.252 e. The van der Waals surface area contributed by atoms with Crippen LogP contribution in [-0.4, -0.2) is 25.8 Å². The van der Waals surface area contributed by atoms with Gasteiger partial charge in [0.25, 0.3) is 10.0 Å². The van der Waals surface area contributed by atoms with Gasteiger partial charge in [0.15, 0.2) is 0 Å². The summed E-state index contributed by atoms with van der Waals surface area (Å²) in [7, 11) is -3.37. The molecule has 1 saturated heterocycles. The quantitative estimate of drug-likeness (QED) is 0.808. The molecule has 0 N–H and O–H groups in total. The molecule has 1 aliphatic rings. The third kappa shape index (κ3) is 2.77. The lowest BCUT2D eigenvalue weighted by Gasteiger charge is -2.17. The number of hydrogen-bond donors (Lipinski definition) is 0. The molecule has 0 saturated carbocycles. The van der Waals surface area contributed by atoms with E-state index in [0.29, 0.717) is 37.9 Å². The summed E-state index contributed by atoms with van der Waals surface area (Å²) >= 11 is 10.3. The number of halogens is 2. The van der Waals surface area contributed by atoms with Gasteiger partial charge in [-0.25, -0.2) is 8.42 Å². The predicted octanol–water partition coefficient (Wildman–Crippen LogP) is 3.83. The van der Waals surface area contributed by atoms with Crippen molar-refractivity contribution in [1.82, 2.24) is 4.31 Å². The van der Waals surface area contributed by atoms with E-state index in [1.54, 1.807) is 4.31 Å². The summed E-state index contributed by atoms with van der Waals surface area (Å²) < 4.78 is 27.4. The molecule has 0 radical (unpaired) electrons. The Labute approximate surface area is 125 Å². The number of rotatable bonds is 3. The molecule has 1 aliphatic heterocycles. The summed E-state index contributed by atoms with van der Waals surface area (Å²) in [5, 5.41) is 0.457. The minimum Gasteiger partial charge on any atom is -0.206 e. The number of sulfonamides is 1. The lowest BCUT2D eigenvalue weighted by molar-refractivity contribution is 0.389. The second-order valence-electron chi connectivity index (χ2n) is 4.84. The van der Waals surface area contributed by atoms with Crippen LogP contribution in [0.3, 0.4) is 0 Å². The first-order chi connectivity index (χ1) is 8.32. The zero-order valence-corrected chi connectivity index (χ0v) is 14.2. The maximum atomic E-state index is 12.4. The Hall–Kier alpha value is 0.380. The fourth-order valence-electron chi connectivity index (χ4n) is 2.10. The van der Waals surface area contributed by atoms with Crippen molar-refractivity contribution in [1.29, 1.82) is 0 Å². The summed E-state index contributed by atoms with van der Waals surface area (Å²) in [5.74, 6) is 0.975. The van der Waals surface area contributed by atoms with E-state index in [0.717, 1.165) is 6.42 Å². The minimum atomic E-state index is -3.37. The summed E-state index contributed by atoms with van der Waals surface area (Å²) in [6.07, 6.45) is 0.942. The van der Waals surface area contributed by atoms with Crippen LogP contribution in [0.15, 0.2) is 14.1 Å². The van der Waals surface area contributed by atoms with Gasteiger partial charge in [0, 0.05) is 13.1 Å². The molecule has 1 aromatic heterocycles. The Morgan fingerprint density at radius 3 is 2.67 bits per heavy atom. The summed E-state index contributed by atoms with van der Waals surface area (Å²) in [6.45, 7) is 5.50. The fourth-order valence-corrected chi connectivity index (χ4v) is 6.16. The van der Waals surface area contributed by atoms with Crippen LogP contribution in [0.5, 0.6) is 0 Å². The monoisotopic (exact) mass is 371 g/mol. The van der Waals surface area contributed by atoms with Crippen molar-refractivity contribution in [2.75, 3.05) is 13.1 Å². The SMILES string of the molecule is CC(C)C1CCN(S(=O)(=O)c2cc(Cl)c(Br)s2)C1. The van der Waals surface area contributed by atoms with Gasteiger partial charge in [0.1, 0.15) is 4.21 Å². The first-order valence-corrected chi connectivity index (χ1v) is 9.20. The summed E-state index contributed by atoms with van der Waals surface area (Å²) in [4.78, 5) is 0. The first kappa shape index (κ1) is 14.8. The van der Waals surface area contributed by atoms with Crippen LogP contribution in [-0.2, 0) is 10.0 Å². The number of thiophene rings is 1. The molecule has 1 atom stereocenters. The second-order valence-corrected chi connectivity index (χ2v) is 9.78. The highest BCUT2D eigenvalue weighted by Crippen LogP contribution is 2.37. The van der Waals surface area contributed by atoms with E-state index >= 15 is 0 Å². The smallest absolute Gasteiger partial charge is 0.206 e. The van der Waals surface area contributed by atoms with Crippen LogP contribution >= 0.6 is 38.9 Å². The van der Waals surface area contributed by atoms with Crippen molar-refractivity contribution in [3.8, 4) is 0 Å². The Bertz CT molecular complexity index is 522. The van der Waals surface area contributed by atoms with Gasteiger partial charge in [0.2, 0.25) is 0 Å². The van der Waals surface area contributed by atoms with Crippen LogP contribution < -0.4 is 0 Å². The molecule has 0 aliphatic carbocycles. The van der Waals surface area contributed by atoms with Crippen LogP contribution in [0.4, 0.5) is 0 Å². The van der Waals surface area contributed by atoms with Crippen LogP contribution in [0.25, 0.3) is 0 Å². The average molecular weight is 373 g/mol. The van der Waals surface area contributed by atoms with E-state index in [4.69, 9.17) is 11.6 Å². The van der Waals surface area contributed by atoms with Gasteiger partial charge in [-0.15, -0.1) is 11.3 Å². The Balaban J connectivity index is 2.23. The molecule has 3 nitrogen and oxygen atoms in total. The third-order valence-electron chi connectivity index (χ3n) is 3.35. The van der Waals surface area contributed by atoms with Gasteiger partial charge in [-0.1, -0.05) is 25.4 Å². The zero-order chi connectivity index (χ0) is 13.5. The van der Waals surface area contributed by atoms with E-state index in [-0.39, 0.29) is 0 Å². The van der Waals surface area contributed by atoms with E-state index in [1.165, 1.54) is 17.4 Å². The van der Waals surface area contributed by atoms with Crippen LogP contribution in [0.2, 0.25) is 5.02 Å².